The lowest BCUT2D eigenvalue weighted by atomic mass is 9.94. The molecule has 1 N–H and O–H groups in total. The van der Waals surface area contributed by atoms with Gasteiger partial charge in [-0.25, -0.2) is 0 Å². The Bertz CT molecular complexity index is 1200. The van der Waals surface area contributed by atoms with Gasteiger partial charge in [-0.3, -0.25) is 9.59 Å². The number of Topliss-reactive ketones (excluding diaryl/α,β-unsaturated/α-hetero) is 1. The molecular formula is C30H36N2O5. The summed E-state index contributed by atoms with van der Waals surface area (Å²) in [5, 5.41) is 11.4. The van der Waals surface area contributed by atoms with E-state index in [9.17, 15) is 14.7 Å². The van der Waals surface area contributed by atoms with E-state index in [0.717, 1.165) is 37.4 Å². The Hall–Kier alpha value is -3.58. The maximum absolute atomic E-state index is 13.4. The number of aliphatic hydroxyl groups excluding tert-OH is 1. The minimum absolute atomic E-state index is 0.0575. The number of ether oxygens (including phenoxy) is 2. The molecule has 1 fully saturated rings. The Balaban J connectivity index is 1.74. The lowest BCUT2D eigenvalue weighted by Crippen LogP contribution is -2.33. The predicted molar refractivity (Wildman–Crippen MR) is 144 cm³/mol. The average Bonchev–Trinajstić information content (AvgIpc) is 3.40. The van der Waals surface area contributed by atoms with Crippen LogP contribution in [0, 0.1) is 0 Å². The highest BCUT2D eigenvalue weighted by atomic mass is 16.5. The third kappa shape index (κ3) is 5.57. The summed E-state index contributed by atoms with van der Waals surface area (Å²) in [6.45, 7) is 13.3. The second-order valence-electron chi connectivity index (χ2n) is 9.50. The molecule has 7 nitrogen and oxygen atoms in total. The van der Waals surface area contributed by atoms with Crippen molar-refractivity contribution in [2.75, 3.05) is 32.8 Å². The van der Waals surface area contributed by atoms with Gasteiger partial charge in [0.15, 0.2) is 0 Å². The summed E-state index contributed by atoms with van der Waals surface area (Å²) in [5.41, 5.74) is 2.28. The fourth-order valence-corrected chi connectivity index (χ4v) is 5.12. The second-order valence-corrected chi connectivity index (χ2v) is 9.50. The molecule has 196 valence electrons. The molecule has 2 aliphatic heterocycles. The van der Waals surface area contributed by atoms with Crippen LogP contribution < -0.4 is 9.47 Å². The smallest absolute Gasteiger partial charge is 0.295 e. The zero-order valence-corrected chi connectivity index (χ0v) is 21.9. The Labute approximate surface area is 219 Å². The molecule has 37 heavy (non-hydrogen) atoms. The third-order valence-corrected chi connectivity index (χ3v) is 7.02. The molecular weight excluding hydrogens is 468 g/mol. The zero-order chi connectivity index (χ0) is 26.5. The van der Waals surface area contributed by atoms with Gasteiger partial charge in [-0.1, -0.05) is 38.6 Å². The lowest BCUT2D eigenvalue weighted by Gasteiger charge is -2.27. The summed E-state index contributed by atoms with van der Waals surface area (Å²) in [7, 11) is 0. The Morgan fingerprint density at radius 2 is 2.00 bits per heavy atom. The van der Waals surface area contributed by atoms with Gasteiger partial charge in [0.1, 0.15) is 30.0 Å². The summed E-state index contributed by atoms with van der Waals surface area (Å²) >= 11 is 0. The molecule has 0 radical (unpaired) electrons. The van der Waals surface area contributed by atoms with Crippen molar-refractivity contribution in [3.05, 3.63) is 77.4 Å². The Morgan fingerprint density at radius 3 is 2.73 bits per heavy atom. The van der Waals surface area contributed by atoms with Gasteiger partial charge in [-0.15, -0.1) is 0 Å². The van der Waals surface area contributed by atoms with Crippen molar-refractivity contribution in [2.45, 2.75) is 45.8 Å². The molecule has 0 aliphatic carbocycles. The number of carbonyl (C=O) groups is 2. The normalized spacial score (nSPS) is 20.3. The fraction of sp³-hybridized carbons (Fsp3) is 0.400. The molecule has 0 unspecified atom stereocenters. The van der Waals surface area contributed by atoms with Crippen molar-refractivity contribution < 1.29 is 24.2 Å². The lowest BCUT2D eigenvalue weighted by molar-refractivity contribution is -0.140. The summed E-state index contributed by atoms with van der Waals surface area (Å²) < 4.78 is 11.5. The molecule has 2 heterocycles. The van der Waals surface area contributed by atoms with Crippen LogP contribution in [0.25, 0.3) is 5.76 Å². The fourth-order valence-electron chi connectivity index (χ4n) is 5.12. The quantitative estimate of drug-likeness (QED) is 0.206. The molecule has 2 aromatic carbocycles. The number of hydrogen-bond donors (Lipinski definition) is 1. The van der Waals surface area contributed by atoms with Crippen LogP contribution in [0.3, 0.4) is 0 Å². The number of hydrogen-bond acceptors (Lipinski definition) is 6. The number of carbonyl (C=O) groups excluding carboxylic acids is 2. The molecule has 4 rings (SSSR count). The van der Waals surface area contributed by atoms with Crippen LogP contribution in [-0.4, -0.2) is 65.5 Å². The molecule has 0 saturated carbocycles. The predicted octanol–water partition coefficient (Wildman–Crippen LogP) is 4.73. The number of benzene rings is 2. The highest BCUT2D eigenvalue weighted by Gasteiger charge is 2.46. The zero-order valence-electron chi connectivity index (χ0n) is 21.9. The molecule has 2 atom stereocenters. The monoisotopic (exact) mass is 504 g/mol. The first-order chi connectivity index (χ1) is 17.9. The molecule has 0 spiro atoms. The number of nitrogens with zero attached hydrogens (tertiary/aromatic N) is 2. The number of ketones is 1. The van der Waals surface area contributed by atoms with E-state index in [1.807, 2.05) is 43.3 Å². The van der Waals surface area contributed by atoms with Gasteiger partial charge in [0.25, 0.3) is 11.7 Å². The van der Waals surface area contributed by atoms with E-state index < -0.39 is 17.7 Å². The minimum Gasteiger partial charge on any atom is -0.507 e. The van der Waals surface area contributed by atoms with Crippen LogP contribution in [0.2, 0.25) is 0 Å². The highest BCUT2D eigenvalue weighted by molar-refractivity contribution is 6.46. The van der Waals surface area contributed by atoms with Gasteiger partial charge >= 0.3 is 0 Å². The van der Waals surface area contributed by atoms with E-state index >= 15 is 0 Å². The number of rotatable bonds is 11. The van der Waals surface area contributed by atoms with Crippen LogP contribution in [-0.2, 0) is 16.0 Å². The Kier molecular flexibility index (Phi) is 8.34. The topological polar surface area (TPSA) is 79.3 Å². The van der Waals surface area contributed by atoms with Crippen LogP contribution in [0.15, 0.2) is 60.7 Å². The first kappa shape index (κ1) is 26.5. The second kappa shape index (κ2) is 11.6. The van der Waals surface area contributed by atoms with Gasteiger partial charge in [0.05, 0.1) is 11.6 Å². The molecule has 0 bridgehead atoms. The molecule has 7 heteroatoms. The van der Waals surface area contributed by atoms with Gasteiger partial charge in [0, 0.05) is 18.5 Å². The van der Waals surface area contributed by atoms with E-state index in [4.69, 9.17) is 9.47 Å². The van der Waals surface area contributed by atoms with E-state index in [-0.39, 0.29) is 17.4 Å². The largest absolute Gasteiger partial charge is 0.507 e. The minimum atomic E-state index is -0.715. The van der Waals surface area contributed by atoms with E-state index in [1.54, 1.807) is 17.0 Å². The SMILES string of the molecule is C=CCOc1cccc([C@@H]2/C(=C(\O)c3ccc4c(c3)C[C@@H](C)O4)C(=O)C(=O)N2CCCN(CC)CC)c1. The van der Waals surface area contributed by atoms with Gasteiger partial charge in [-0.2, -0.15) is 0 Å². The molecule has 1 amide bonds. The first-order valence-corrected chi connectivity index (χ1v) is 13.0. The van der Waals surface area contributed by atoms with E-state index in [0.29, 0.717) is 36.4 Å². The van der Waals surface area contributed by atoms with Gasteiger partial charge < -0.3 is 24.4 Å². The van der Waals surface area contributed by atoms with Crippen molar-refractivity contribution in [1.29, 1.82) is 0 Å². The number of likely N-dealkylation sites (tertiary alicyclic amines) is 1. The van der Waals surface area contributed by atoms with Crippen molar-refractivity contribution in [2.24, 2.45) is 0 Å². The number of amides is 1. The standard InChI is InChI=1S/C30H36N2O5/c1-5-16-36-24-11-8-10-21(19-24)27-26(28(33)22-12-13-25-23(18-22)17-20(4)37-25)29(34)30(35)32(27)15-9-14-31(6-2)7-3/h5,8,10-13,18-20,27,33H,1,6-7,9,14-17H2,2-4H3/b28-26+/t20-,27-/m1/s1. The van der Waals surface area contributed by atoms with E-state index in [1.165, 1.54) is 0 Å². The molecule has 2 aliphatic rings. The maximum atomic E-state index is 13.4. The maximum Gasteiger partial charge on any atom is 0.295 e. The Morgan fingerprint density at radius 1 is 1.22 bits per heavy atom. The first-order valence-electron chi connectivity index (χ1n) is 13.0. The van der Waals surface area contributed by atoms with Crippen molar-refractivity contribution in [3.63, 3.8) is 0 Å². The summed E-state index contributed by atoms with van der Waals surface area (Å²) in [4.78, 5) is 30.5. The number of aliphatic hydroxyl groups is 1. The average molecular weight is 505 g/mol. The van der Waals surface area contributed by atoms with E-state index in [2.05, 4.69) is 25.3 Å². The highest BCUT2D eigenvalue weighted by Crippen LogP contribution is 2.41. The van der Waals surface area contributed by atoms with Crippen LogP contribution in [0.5, 0.6) is 11.5 Å². The molecule has 1 saturated heterocycles. The summed E-state index contributed by atoms with van der Waals surface area (Å²) in [6.07, 6.45) is 3.15. The summed E-state index contributed by atoms with van der Waals surface area (Å²) in [6, 6.07) is 12.0. The van der Waals surface area contributed by atoms with Crippen molar-refractivity contribution in [1.82, 2.24) is 9.80 Å². The molecule has 0 aromatic heterocycles. The van der Waals surface area contributed by atoms with Gasteiger partial charge in [0.2, 0.25) is 0 Å². The van der Waals surface area contributed by atoms with Crippen molar-refractivity contribution in [3.8, 4) is 11.5 Å². The van der Waals surface area contributed by atoms with Gasteiger partial charge in [-0.05, 0) is 74.4 Å². The third-order valence-electron chi connectivity index (χ3n) is 7.02. The molecule has 2 aromatic rings. The summed E-state index contributed by atoms with van der Waals surface area (Å²) in [5.74, 6) is -0.0526. The van der Waals surface area contributed by atoms with Crippen molar-refractivity contribution >= 4 is 17.4 Å². The van der Waals surface area contributed by atoms with Crippen LogP contribution in [0.1, 0.15) is 49.9 Å². The van der Waals surface area contributed by atoms with Crippen LogP contribution in [0.4, 0.5) is 0 Å². The van der Waals surface area contributed by atoms with Crippen LogP contribution >= 0.6 is 0 Å². The number of fused-ring (bicyclic) bond motifs is 1.